The van der Waals surface area contributed by atoms with Crippen LogP contribution < -0.4 is 19.5 Å². The van der Waals surface area contributed by atoms with E-state index in [0.717, 1.165) is 23.3 Å². The topological polar surface area (TPSA) is 87.5 Å². The molecule has 0 bridgehead atoms. The summed E-state index contributed by atoms with van der Waals surface area (Å²) in [5.74, 6) is 1.93. The van der Waals surface area contributed by atoms with Gasteiger partial charge in [0.1, 0.15) is 29.5 Å². The van der Waals surface area contributed by atoms with Gasteiger partial charge in [0.15, 0.2) is 0 Å². The Kier molecular flexibility index (Phi) is 8.24. The number of nitrogens with one attached hydrogen (secondary N) is 1. The Morgan fingerprint density at radius 1 is 1.12 bits per heavy atom. The fourth-order valence-electron chi connectivity index (χ4n) is 3.17. The number of benzene rings is 2. The molecular formula is C25H28N4O4. The average molecular weight is 449 g/mol. The van der Waals surface area contributed by atoms with Gasteiger partial charge in [-0.15, -0.1) is 5.10 Å². The zero-order valence-corrected chi connectivity index (χ0v) is 19.1. The maximum atomic E-state index is 12.6. The van der Waals surface area contributed by atoms with Crippen molar-refractivity contribution in [2.45, 2.75) is 13.3 Å². The molecule has 172 valence electrons. The van der Waals surface area contributed by atoms with Crippen LogP contribution in [-0.4, -0.2) is 48.4 Å². The molecule has 33 heavy (non-hydrogen) atoms. The number of hydrogen-bond acceptors (Lipinski definition) is 6. The van der Waals surface area contributed by atoms with Crippen LogP contribution in [0.25, 0.3) is 23.4 Å². The average Bonchev–Trinajstić information content (AvgIpc) is 3.34. The number of methoxy groups -OCH3 is 2. The lowest BCUT2D eigenvalue weighted by atomic mass is 10.0. The Labute approximate surface area is 193 Å². The molecule has 3 rings (SSSR count). The molecule has 0 radical (unpaired) electrons. The molecule has 0 saturated heterocycles. The number of carbonyl (C=O) groups excluding carboxylic acids is 1. The molecule has 0 aliphatic carbocycles. The van der Waals surface area contributed by atoms with E-state index in [1.807, 2.05) is 49.4 Å². The molecule has 0 saturated carbocycles. The molecule has 1 N–H and O–H groups in total. The molecule has 2 aromatic carbocycles. The van der Waals surface area contributed by atoms with Gasteiger partial charge in [-0.3, -0.25) is 0 Å². The molecule has 8 heteroatoms. The highest BCUT2D eigenvalue weighted by Crippen LogP contribution is 2.37. The van der Waals surface area contributed by atoms with Crippen molar-refractivity contribution in [1.29, 1.82) is 0 Å². The number of rotatable bonds is 10. The van der Waals surface area contributed by atoms with Gasteiger partial charge in [-0.2, -0.15) is 4.68 Å². The van der Waals surface area contributed by atoms with Crippen molar-refractivity contribution >= 4 is 18.2 Å². The Hall–Kier alpha value is -4.07. The van der Waals surface area contributed by atoms with Crippen LogP contribution in [0.15, 0.2) is 55.3 Å². The lowest BCUT2D eigenvalue weighted by molar-refractivity contribution is 0.239. The minimum Gasteiger partial charge on any atom is -0.497 e. The second-order valence-electron chi connectivity index (χ2n) is 7.06. The van der Waals surface area contributed by atoms with Crippen LogP contribution in [0.5, 0.6) is 17.2 Å². The fourth-order valence-corrected chi connectivity index (χ4v) is 3.17. The molecule has 0 aliphatic rings. The first-order chi connectivity index (χ1) is 16.1. The van der Waals surface area contributed by atoms with E-state index in [1.54, 1.807) is 32.6 Å². The number of amides is 1. The van der Waals surface area contributed by atoms with Gasteiger partial charge in [-0.1, -0.05) is 49.1 Å². The third-order valence-corrected chi connectivity index (χ3v) is 4.79. The van der Waals surface area contributed by atoms with Crippen LogP contribution >= 0.6 is 0 Å². The summed E-state index contributed by atoms with van der Waals surface area (Å²) in [6.45, 7) is 6.63. The van der Waals surface area contributed by atoms with Gasteiger partial charge in [0, 0.05) is 12.6 Å². The summed E-state index contributed by atoms with van der Waals surface area (Å²) in [4.78, 5) is 12.6. The van der Waals surface area contributed by atoms with Crippen LogP contribution in [0.4, 0.5) is 4.79 Å². The summed E-state index contributed by atoms with van der Waals surface area (Å²) in [6, 6.07) is 11.0. The van der Waals surface area contributed by atoms with Gasteiger partial charge in [-0.25, -0.2) is 4.79 Å². The van der Waals surface area contributed by atoms with Crippen LogP contribution in [0.1, 0.15) is 24.5 Å². The molecule has 0 aliphatic heterocycles. The third-order valence-electron chi connectivity index (χ3n) is 4.79. The summed E-state index contributed by atoms with van der Waals surface area (Å²) < 4.78 is 17.9. The molecule has 1 aromatic heterocycles. The third kappa shape index (κ3) is 5.79. The Morgan fingerprint density at radius 3 is 2.58 bits per heavy atom. The Balaban J connectivity index is 2.02. The van der Waals surface area contributed by atoms with E-state index in [4.69, 9.17) is 14.2 Å². The van der Waals surface area contributed by atoms with Gasteiger partial charge in [0.05, 0.1) is 26.0 Å². The quantitative estimate of drug-likeness (QED) is 0.358. The minimum absolute atomic E-state index is 0.354. The summed E-state index contributed by atoms with van der Waals surface area (Å²) >= 11 is 0. The fraction of sp³-hybridized carbons (Fsp3) is 0.240. The predicted octanol–water partition coefficient (Wildman–Crippen LogP) is 4.67. The normalized spacial score (nSPS) is 10.8. The lowest BCUT2D eigenvalue weighted by Gasteiger charge is -2.15. The van der Waals surface area contributed by atoms with Crippen molar-refractivity contribution in [2.24, 2.45) is 0 Å². The molecular weight excluding hydrogens is 420 g/mol. The Morgan fingerprint density at radius 2 is 1.91 bits per heavy atom. The number of nitrogens with zero attached hydrogens (tertiary/aromatic N) is 3. The molecule has 8 nitrogen and oxygen atoms in total. The zero-order valence-electron chi connectivity index (χ0n) is 19.1. The van der Waals surface area contributed by atoms with E-state index in [-0.39, 0.29) is 6.03 Å². The van der Waals surface area contributed by atoms with E-state index in [0.29, 0.717) is 35.9 Å². The van der Waals surface area contributed by atoms with E-state index < -0.39 is 0 Å². The van der Waals surface area contributed by atoms with Crippen LogP contribution in [0, 0.1) is 0 Å². The highest BCUT2D eigenvalue weighted by Gasteiger charge is 2.20. The van der Waals surface area contributed by atoms with Gasteiger partial charge < -0.3 is 19.5 Å². The van der Waals surface area contributed by atoms with Crippen molar-refractivity contribution in [3.05, 3.63) is 66.4 Å². The van der Waals surface area contributed by atoms with E-state index in [2.05, 4.69) is 22.2 Å². The van der Waals surface area contributed by atoms with E-state index in [1.165, 1.54) is 4.68 Å². The smallest absolute Gasteiger partial charge is 0.344 e. The van der Waals surface area contributed by atoms with Crippen LogP contribution in [-0.2, 0) is 0 Å². The summed E-state index contributed by atoms with van der Waals surface area (Å²) in [6.07, 6.45) is 7.95. The summed E-state index contributed by atoms with van der Waals surface area (Å²) in [7, 11) is 3.16. The van der Waals surface area contributed by atoms with Gasteiger partial charge in [0.25, 0.3) is 0 Å². The van der Waals surface area contributed by atoms with Crippen molar-refractivity contribution in [1.82, 2.24) is 20.3 Å². The molecule has 1 amide bonds. The molecule has 0 unspecified atom stereocenters. The maximum Gasteiger partial charge on any atom is 0.344 e. The molecule has 0 atom stereocenters. The lowest BCUT2D eigenvalue weighted by Crippen LogP contribution is -2.30. The number of ether oxygens (including phenoxy) is 3. The first kappa shape index (κ1) is 23.6. The highest BCUT2D eigenvalue weighted by atomic mass is 16.5. The van der Waals surface area contributed by atoms with Crippen molar-refractivity contribution in [2.75, 3.05) is 27.4 Å². The van der Waals surface area contributed by atoms with Gasteiger partial charge >= 0.3 is 6.03 Å². The van der Waals surface area contributed by atoms with Crippen molar-refractivity contribution in [3.8, 4) is 28.5 Å². The first-order valence-corrected chi connectivity index (χ1v) is 10.6. The van der Waals surface area contributed by atoms with Gasteiger partial charge in [0.2, 0.25) is 0 Å². The van der Waals surface area contributed by atoms with Crippen molar-refractivity contribution in [3.63, 3.8) is 0 Å². The summed E-state index contributed by atoms with van der Waals surface area (Å²) in [5.41, 5.74) is 2.94. The summed E-state index contributed by atoms with van der Waals surface area (Å²) in [5, 5.41) is 10.8. The predicted molar refractivity (Wildman–Crippen MR) is 129 cm³/mol. The molecule has 3 aromatic rings. The van der Waals surface area contributed by atoms with Gasteiger partial charge in [-0.05, 0) is 35.7 Å². The minimum atomic E-state index is -0.354. The SMILES string of the molecule is C=CCOc1ccc(/C=C/c2cc(OC)cc(OC)c2-c2cnnn2C(=O)NCCC)cc1. The highest BCUT2D eigenvalue weighted by molar-refractivity contribution is 5.88. The monoisotopic (exact) mass is 448 g/mol. The molecule has 1 heterocycles. The number of hydrogen-bond donors (Lipinski definition) is 1. The number of carbonyl (C=O) groups is 1. The Bertz CT molecular complexity index is 1120. The van der Waals surface area contributed by atoms with E-state index in [9.17, 15) is 4.79 Å². The molecule has 0 spiro atoms. The number of aromatic nitrogens is 3. The van der Waals surface area contributed by atoms with Crippen LogP contribution in [0.3, 0.4) is 0 Å². The van der Waals surface area contributed by atoms with Crippen molar-refractivity contribution < 1.29 is 19.0 Å². The maximum absolute atomic E-state index is 12.6. The first-order valence-electron chi connectivity index (χ1n) is 10.6. The molecule has 0 fully saturated rings. The van der Waals surface area contributed by atoms with E-state index >= 15 is 0 Å². The zero-order chi connectivity index (χ0) is 23.6. The second kappa shape index (κ2) is 11.5. The second-order valence-corrected chi connectivity index (χ2v) is 7.06. The van der Waals surface area contributed by atoms with Crippen LogP contribution in [0.2, 0.25) is 0 Å². The standard InChI is InChI=1S/C25H28N4O4/c1-5-13-26-25(30)29-22(17-27-28-29)24-19(15-21(31-3)16-23(24)32-4)10-7-18-8-11-20(12-9-18)33-14-6-2/h6-12,15-17H,2,5,13-14H2,1,3-4H3,(H,26,30)/b10-7+. The largest absolute Gasteiger partial charge is 0.497 e.